The van der Waals surface area contributed by atoms with Crippen molar-refractivity contribution < 1.29 is 14.3 Å². The Balaban J connectivity index is 2.02. The number of hydrogen-bond donors (Lipinski definition) is 2. The Morgan fingerprint density at radius 2 is 2.12 bits per heavy atom. The molecule has 7 heteroatoms. The SMILES string of the molecule is CCCCCN(CCO)C(=O)Nc1cnn(-c2ccccc2F)c1. The average Bonchev–Trinajstić information content (AvgIpc) is 3.03. The molecule has 24 heavy (non-hydrogen) atoms. The Morgan fingerprint density at radius 1 is 1.33 bits per heavy atom. The lowest BCUT2D eigenvalue weighted by Crippen LogP contribution is -2.37. The maximum Gasteiger partial charge on any atom is 0.322 e. The number of benzene rings is 1. The summed E-state index contributed by atoms with van der Waals surface area (Å²) < 4.78 is 15.1. The van der Waals surface area contributed by atoms with Gasteiger partial charge in [0.2, 0.25) is 0 Å². The van der Waals surface area contributed by atoms with E-state index in [0.29, 0.717) is 17.9 Å². The van der Waals surface area contributed by atoms with Crippen LogP contribution in [0.1, 0.15) is 26.2 Å². The van der Waals surface area contributed by atoms with Gasteiger partial charge < -0.3 is 15.3 Å². The van der Waals surface area contributed by atoms with Gasteiger partial charge in [0.05, 0.1) is 24.7 Å². The highest BCUT2D eigenvalue weighted by molar-refractivity contribution is 5.89. The first kappa shape index (κ1) is 17.9. The lowest BCUT2D eigenvalue weighted by atomic mass is 10.2. The van der Waals surface area contributed by atoms with Crippen LogP contribution in [0.2, 0.25) is 0 Å². The van der Waals surface area contributed by atoms with E-state index in [0.717, 1.165) is 19.3 Å². The number of aliphatic hydroxyl groups excluding tert-OH is 1. The first-order chi connectivity index (χ1) is 11.7. The van der Waals surface area contributed by atoms with E-state index < -0.39 is 0 Å². The van der Waals surface area contributed by atoms with E-state index in [9.17, 15) is 9.18 Å². The van der Waals surface area contributed by atoms with Gasteiger partial charge in [-0.2, -0.15) is 5.10 Å². The fourth-order valence-corrected chi connectivity index (χ4v) is 2.35. The summed E-state index contributed by atoms with van der Waals surface area (Å²) in [6.45, 7) is 2.86. The first-order valence-corrected chi connectivity index (χ1v) is 8.12. The van der Waals surface area contributed by atoms with E-state index >= 15 is 0 Å². The van der Waals surface area contributed by atoms with Crippen molar-refractivity contribution in [3.8, 4) is 5.69 Å². The molecule has 0 atom stereocenters. The lowest BCUT2D eigenvalue weighted by molar-refractivity contribution is 0.187. The first-order valence-electron chi connectivity index (χ1n) is 8.12. The maximum atomic E-state index is 13.8. The summed E-state index contributed by atoms with van der Waals surface area (Å²) in [4.78, 5) is 13.9. The summed E-state index contributed by atoms with van der Waals surface area (Å²) in [6.07, 6.45) is 6.00. The van der Waals surface area contributed by atoms with Crippen molar-refractivity contribution in [3.63, 3.8) is 0 Å². The number of hydrogen-bond acceptors (Lipinski definition) is 3. The zero-order chi connectivity index (χ0) is 17.4. The van der Waals surface area contributed by atoms with Crippen LogP contribution in [0.5, 0.6) is 0 Å². The second-order valence-corrected chi connectivity index (χ2v) is 5.47. The van der Waals surface area contributed by atoms with Crippen LogP contribution >= 0.6 is 0 Å². The van der Waals surface area contributed by atoms with Gasteiger partial charge in [-0.3, -0.25) is 0 Å². The highest BCUT2D eigenvalue weighted by atomic mass is 19.1. The average molecular weight is 334 g/mol. The molecule has 0 fully saturated rings. The number of aliphatic hydroxyl groups is 1. The summed E-state index contributed by atoms with van der Waals surface area (Å²) >= 11 is 0. The molecule has 2 N–H and O–H groups in total. The minimum Gasteiger partial charge on any atom is -0.395 e. The lowest BCUT2D eigenvalue weighted by Gasteiger charge is -2.21. The summed E-state index contributed by atoms with van der Waals surface area (Å²) in [5.74, 6) is -0.389. The van der Waals surface area contributed by atoms with Gasteiger partial charge in [0.15, 0.2) is 0 Å². The topological polar surface area (TPSA) is 70.4 Å². The summed E-state index contributed by atoms with van der Waals surface area (Å²) in [7, 11) is 0. The molecular weight excluding hydrogens is 311 g/mol. The quantitative estimate of drug-likeness (QED) is 0.729. The molecule has 0 saturated heterocycles. The Labute approximate surface area is 140 Å². The highest BCUT2D eigenvalue weighted by Gasteiger charge is 2.14. The maximum absolute atomic E-state index is 13.8. The van der Waals surface area contributed by atoms with Crippen LogP contribution in [0.25, 0.3) is 5.69 Å². The van der Waals surface area contributed by atoms with Crippen molar-refractivity contribution in [2.24, 2.45) is 0 Å². The number of urea groups is 1. The summed E-state index contributed by atoms with van der Waals surface area (Å²) in [5, 5.41) is 15.9. The van der Waals surface area contributed by atoms with Crippen LogP contribution in [0.4, 0.5) is 14.9 Å². The molecule has 0 aliphatic carbocycles. The third kappa shape index (κ3) is 4.79. The van der Waals surface area contributed by atoms with E-state index in [4.69, 9.17) is 5.11 Å². The molecule has 0 spiro atoms. The molecule has 0 aliphatic rings. The minimum atomic E-state index is -0.389. The zero-order valence-electron chi connectivity index (χ0n) is 13.8. The normalized spacial score (nSPS) is 10.6. The Kier molecular flexibility index (Phi) is 6.74. The van der Waals surface area contributed by atoms with Gasteiger partial charge in [-0.25, -0.2) is 13.9 Å². The fraction of sp³-hybridized carbons (Fsp3) is 0.412. The molecule has 1 aromatic carbocycles. The number of para-hydroxylation sites is 1. The molecule has 130 valence electrons. The Morgan fingerprint density at radius 3 is 2.83 bits per heavy atom. The number of unbranched alkanes of at least 4 members (excludes halogenated alkanes) is 2. The summed E-state index contributed by atoms with van der Waals surface area (Å²) in [6, 6.07) is 5.99. The standard InChI is InChI=1S/C17H23FN4O2/c1-2-3-6-9-21(10-11-23)17(24)20-14-12-19-22(13-14)16-8-5-4-7-15(16)18/h4-5,7-8,12-13,23H,2-3,6,9-11H2,1H3,(H,20,24). The van der Waals surface area contributed by atoms with Crippen LogP contribution in [0.15, 0.2) is 36.7 Å². The van der Waals surface area contributed by atoms with Gasteiger partial charge in [0, 0.05) is 13.1 Å². The number of anilines is 1. The van der Waals surface area contributed by atoms with Crippen LogP contribution < -0.4 is 5.32 Å². The highest BCUT2D eigenvalue weighted by Crippen LogP contribution is 2.15. The Bertz CT molecular complexity index is 660. The smallest absolute Gasteiger partial charge is 0.322 e. The van der Waals surface area contributed by atoms with Gasteiger partial charge in [0.1, 0.15) is 11.5 Å². The Hall–Kier alpha value is -2.41. The third-order valence-electron chi connectivity index (χ3n) is 3.62. The molecular formula is C17H23FN4O2. The molecule has 1 heterocycles. The van der Waals surface area contributed by atoms with E-state index in [1.807, 2.05) is 0 Å². The van der Waals surface area contributed by atoms with Crippen LogP contribution in [0.3, 0.4) is 0 Å². The molecule has 2 rings (SSSR count). The number of halogens is 1. The van der Waals surface area contributed by atoms with Crippen LogP contribution in [0, 0.1) is 5.82 Å². The van der Waals surface area contributed by atoms with Crippen LogP contribution in [-0.4, -0.2) is 45.5 Å². The molecule has 0 radical (unpaired) electrons. The van der Waals surface area contributed by atoms with Gasteiger partial charge in [-0.15, -0.1) is 0 Å². The van der Waals surface area contributed by atoms with Crippen molar-refractivity contribution >= 4 is 11.7 Å². The van der Waals surface area contributed by atoms with E-state index in [2.05, 4.69) is 17.3 Å². The van der Waals surface area contributed by atoms with Crippen molar-refractivity contribution in [2.45, 2.75) is 26.2 Å². The molecule has 2 amide bonds. The van der Waals surface area contributed by atoms with Gasteiger partial charge in [-0.1, -0.05) is 31.9 Å². The number of rotatable bonds is 8. The van der Waals surface area contributed by atoms with E-state index in [1.165, 1.54) is 16.9 Å². The fourth-order valence-electron chi connectivity index (χ4n) is 2.35. The number of nitrogens with zero attached hydrogens (tertiary/aromatic N) is 3. The number of amides is 2. The van der Waals surface area contributed by atoms with Gasteiger partial charge in [-0.05, 0) is 18.6 Å². The largest absolute Gasteiger partial charge is 0.395 e. The predicted molar refractivity (Wildman–Crippen MR) is 90.7 cm³/mol. The van der Waals surface area contributed by atoms with E-state index in [1.54, 1.807) is 29.3 Å². The molecule has 0 unspecified atom stereocenters. The number of carbonyl (C=O) groups is 1. The monoisotopic (exact) mass is 334 g/mol. The van der Waals surface area contributed by atoms with Crippen molar-refractivity contribution in [2.75, 3.05) is 25.0 Å². The van der Waals surface area contributed by atoms with E-state index in [-0.39, 0.29) is 25.0 Å². The van der Waals surface area contributed by atoms with Gasteiger partial charge >= 0.3 is 6.03 Å². The molecule has 0 aliphatic heterocycles. The number of nitrogens with one attached hydrogen (secondary N) is 1. The second kappa shape index (κ2) is 9.02. The minimum absolute atomic E-state index is 0.0893. The molecule has 2 aromatic rings. The van der Waals surface area contributed by atoms with Gasteiger partial charge in [0.25, 0.3) is 0 Å². The zero-order valence-corrected chi connectivity index (χ0v) is 13.8. The predicted octanol–water partition coefficient (Wildman–Crippen LogP) is 3.03. The molecule has 1 aromatic heterocycles. The molecule has 0 bridgehead atoms. The van der Waals surface area contributed by atoms with Crippen molar-refractivity contribution in [1.29, 1.82) is 0 Å². The van der Waals surface area contributed by atoms with Crippen molar-refractivity contribution in [3.05, 3.63) is 42.5 Å². The molecule has 0 saturated carbocycles. The third-order valence-corrected chi connectivity index (χ3v) is 3.62. The molecule has 6 nitrogen and oxygen atoms in total. The summed E-state index contributed by atoms with van der Waals surface area (Å²) in [5.41, 5.74) is 0.787. The number of carbonyl (C=O) groups excluding carboxylic acids is 1. The van der Waals surface area contributed by atoms with Crippen LogP contribution in [-0.2, 0) is 0 Å². The second-order valence-electron chi connectivity index (χ2n) is 5.47. The number of aromatic nitrogens is 2. The van der Waals surface area contributed by atoms with Crippen molar-refractivity contribution in [1.82, 2.24) is 14.7 Å².